The highest BCUT2D eigenvalue weighted by Crippen LogP contribution is 2.21. The van der Waals surface area contributed by atoms with Crippen LogP contribution in [0, 0.1) is 0 Å². The molecule has 0 aliphatic rings. The van der Waals surface area contributed by atoms with Crippen LogP contribution in [0.15, 0.2) is 34.3 Å². The van der Waals surface area contributed by atoms with E-state index in [-0.39, 0.29) is 23.0 Å². The Hall–Kier alpha value is -1.93. The zero-order valence-electron chi connectivity index (χ0n) is 12.9. The number of carbonyl (C=O) groups is 2. The number of aryl methyl sites for hydroxylation is 1. The van der Waals surface area contributed by atoms with Crippen LogP contribution in [-0.4, -0.2) is 27.0 Å². The number of Topliss-reactive ketones (excluding diaryl/α,β-unsaturated/α-hetero) is 1. The van der Waals surface area contributed by atoms with Gasteiger partial charge in [0.25, 0.3) is 5.56 Å². The van der Waals surface area contributed by atoms with Crippen molar-refractivity contribution in [2.75, 3.05) is 5.75 Å². The molecule has 0 atom stereocenters. The van der Waals surface area contributed by atoms with Crippen molar-refractivity contribution in [1.29, 1.82) is 0 Å². The van der Waals surface area contributed by atoms with Gasteiger partial charge in [0.2, 0.25) is 5.91 Å². The van der Waals surface area contributed by atoms with Gasteiger partial charge < -0.3 is 9.88 Å². The highest BCUT2D eigenvalue weighted by Gasteiger charge is 2.12. The molecule has 122 valence electrons. The van der Waals surface area contributed by atoms with Crippen molar-refractivity contribution in [3.8, 4) is 0 Å². The molecule has 1 N–H and O–H groups in total. The summed E-state index contributed by atoms with van der Waals surface area (Å²) in [5.74, 6) is 0.0978. The fraction of sp³-hybridized carbons (Fsp3) is 0.333. The van der Waals surface area contributed by atoms with Crippen LogP contribution < -0.4 is 10.9 Å². The first-order chi connectivity index (χ1) is 11.0. The maximum Gasteiger partial charge on any atom is 0.273 e. The average molecular weight is 351 g/mol. The summed E-state index contributed by atoms with van der Waals surface area (Å²) in [4.78, 5) is 40.0. The third-order valence-electron chi connectivity index (χ3n) is 2.97. The average Bonchev–Trinajstić information content (AvgIpc) is 3.00. The first-order valence-corrected chi connectivity index (χ1v) is 8.86. The van der Waals surface area contributed by atoms with E-state index in [2.05, 4.69) is 10.3 Å². The highest BCUT2D eigenvalue weighted by molar-refractivity contribution is 7.99. The van der Waals surface area contributed by atoms with Crippen LogP contribution in [0.2, 0.25) is 0 Å². The maximum atomic E-state index is 12.2. The molecule has 0 saturated heterocycles. The van der Waals surface area contributed by atoms with Crippen molar-refractivity contribution >= 4 is 34.8 Å². The standard InChI is InChI=1S/C15H17N3O3S2/c1-3-18-7-6-14(21)17-15(18)22-9-12(20)13-5-4-11(23-13)8-16-10(2)19/h4-7H,3,8-9H2,1-2H3,(H,16,19). The summed E-state index contributed by atoms with van der Waals surface area (Å²) in [6.07, 6.45) is 1.68. The van der Waals surface area contributed by atoms with Gasteiger partial charge in [-0.15, -0.1) is 11.3 Å². The van der Waals surface area contributed by atoms with Crippen molar-refractivity contribution in [3.63, 3.8) is 0 Å². The van der Waals surface area contributed by atoms with Crippen molar-refractivity contribution in [1.82, 2.24) is 14.9 Å². The molecule has 23 heavy (non-hydrogen) atoms. The lowest BCUT2D eigenvalue weighted by Crippen LogP contribution is -2.18. The van der Waals surface area contributed by atoms with Gasteiger partial charge in [-0.25, -0.2) is 0 Å². The molecule has 2 rings (SSSR count). The molecule has 0 unspecified atom stereocenters. The lowest BCUT2D eigenvalue weighted by atomic mass is 10.3. The Bertz CT molecular complexity index is 767. The molecule has 0 fully saturated rings. The molecule has 0 spiro atoms. The summed E-state index contributed by atoms with van der Waals surface area (Å²) in [5.41, 5.74) is -0.307. The number of hydrogen-bond acceptors (Lipinski definition) is 6. The van der Waals surface area contributed by atoms with E-state index in [0.717, 1.165) is 4.88 Å². The Morgan fingerprint density at radius 1 is 1.35 bits per heavy atom. The molecule has 0 aromatic carbocycles. The van der Waals surface area contributed by atoms with Crippen LogP contribution in [-0.2, 0) is 17.9 Å². The molecular weight excluding hydrogens is 334 g/mol. The Balaban J connectivity index is 1.98. The number of thiophene rings is 1. The number of hydrogen-bond donors (Lipinski definition) is 1. The van der Waals surface area contributed by atoms with E-state index in [0.29, 0.717) is 23.1 Å². The topological polar surface area (TPSA) is 81.1 Å². The van der Waals surface area contributed by atoms with Gasteiger partial charge >= 0.3 is 0 Å². The summed E-state index contributed by atoms with van der Waals surface area (Å²) in [7, 11) is 0. The Kier molecular flexibility index (Phi) is 6.12. The van der Waals surface area contributed by atoms with E-state index < -0.39 is 0 Å². The Morgan fingerprint density at radius 3 is 2.83 bits per heavy atom. The summed E-state index contributed by atoms with van der Waals surface area (Å²) >= 11 is 2.62. The van der Waals surface area contributed by atoms with Crippen molar-refractivity contribution in [2.45, 2.75) is 32.1 Å². The predicted octanol–water partition coefficient (Wildman–Crippen LogP) is 1.94. The third-order valence-corrected chi connectivity index (χ3v) is 5.09. The van der Waals surface area contributed by atoms with Gasteiger partial charge in [-0.3, -0.25) is 14.4 Å². The molecule has 8 heteroatoms. The van der Waals surface area contributed by atoms with Crippen LogP contribution in [0.4, 0.5) is 0 Å². The largest absolute Gasteiger partial charge is 0.351 e. The number of carbonyl (C=O) groups excluding carboxylic acids is 2. The molecule has 0 saturated carbocycles. The van der Waals surface area contributed by atoms with Gasteiger partial charge in [-0.05, 0) is 19.1 Å². The zero-order chi connectivity index (χ0) is 16.8. The van der Waals surface area contributed by atoms with Crippen LogP contribution in [0.5, 0.6) is 0 Å². The summed E-state index contributed by atoms with van der Waals surface area (Å²) in [5, 5.41) is 3.24. The highest BCUT2D eigenvalue weighted by atomic mass is 32.2. The first-order valence-electron chi connectivity index (χ1n) is 7.06. The second kappa shape index (κ2) is 8.07. The number of nitrogens with one attached hydrogen (secondary N) is 1. The van der Waals surface area contributed by atoms with E-state index in [1.807, 2.05) is 17.6 Å². The smallest absolute Gasteiger partial charge is 0.273 e. The quantitative estimate of drug-likeness (QED) is 0.468. The number of thioether (sulfide) groups is 1. The number of amides is 1. The van der Waals surface area contributed by atoms with Gasteiger partial charge in [0.1, 0.15) is 0 Å². The van der Waals surface area contributed by atoms with Crippen LogP contribution in [0.3, 0.4) is 0 Å². The van der Waals surface area contributed by atoms with E-state index in [4.69, 9.17) is 0 Å². The SMILES string of the molecule is CCn1ccc(=O)nc1SCC(=O)c1ccc(CNC(C)=O)s1. The molecule has 1 amide bonds. The molecule has 2 aromatic rings. The molecule has 0 aliphatic heterocycles. The third kappa shape index (κ3) is 5.04. The number of ketones is 1. The summed E-state index contributed by atoms with van der Waals surface area (Å²) < 4.78 is 1.83. The molecule has 2 aromatic heterocycles. The Labute approximate surface area is 141 Å². The van der Waals surface area contributed by atoms with Crippen LogP contribution in [0.25, 0.3) is 0 Å². The van der Waals surface area contributed by atoms with Crippen molar-refractivity contribution in [2.24, 2.45) is 0 Å². The van der Waals surface area contributed by atoms with E-state index in [1.165, 1.54) is 36.1 Å². The minimum atomic E-state index is -0.307. The lowest BCUT2D eigenvalue weighted by Gasteiger charge is -2.07. The van der Waals surface area contributed by atoms with E-state index in [1.54, 1.807) is 12.3 Å². The fourth-order valence-corrected chi connectivity index (χ4v) is 3.71. The van der Waals surface area contributed by atoms with Gasteiger partial charge in [-0.2, -0.15) is 4.98 Å². The number of rotatable bonds is 7. The van der Waals surface area contributed by atoms with Crippen LogP contribution >= 0.6 is 23.1 Å². The summed E-state index contributed by atoms with van der Waals surface area (Å²) in [6.45, 7) is 4.52. The maximum absolute atomic E-state index is 12.2. The number of nitrogens with zero attached hydrogens (tertiary/aromatic N) is 2. The predicted molar refractivity (Wildman–Crippen MR) is 91.1 cm³/mol. The second-order valence-electron chi connectivity index (χ2n) is 4.72. The lowest BCUT2D eigenvalue weighted by molar-refractivity contribution is -0.119. The zero-order valence-corrected chi connectivity index (χ0v) is 14.5. The molecule has 0 bridgehead atoms. The van der Waals surface area contributed by atoms with Crippen molar-refractivity contribution < 1.29 is 9.59 Å². The molecular formula is C15H17N3O3S2. The molecule has 2 heterocycles. The van der Waals surface area contributed by atoms with Gasteiger partial charge in [0, 0.05) is 30.6 Å². The van der Waals surface area contributed by atoms with E-state index >= 15 is 0 Å². The monoisotopic (exact) mass is 351 g/mol. The number of aromatic nitrogens is 2. The molecule has 6 nitrogen and oxygen atoms in total. The fourth-order valence-electron chi connectivity index (χ4n) is 1.80. The minimum absolute atomic E-state index is 0.0187. The van der Waals surface area contributed by atoms with Gasteiger partial charge in [-0.1, -0.05) is 11.8 Å². The molecule has 0 radical (unpaired) electrons. The van der Waals surface area contributed by atoms with Gasteiger partial charge in [0.15, 0.2) is 10.9 Å². The van der Waals surface area contributed by atoms with Gasteiger partial charge in [0.05, 0.1) is 17.2 Å². The Morgan fingerprint density at radius 2 is 2.13 bits per heavy atom. The summed E-state index contributed by atoms with van der Waals surface area (Å²) in [6, 6.07) is 5.00. The van der Waals surface area contributed by atoms with Crippen LogP contribution in [0.1, 0.15) is 28.4 Å². The van der Waals surface area contributed by atoms with Crippen molar-refractivity contribution in [3.05, 3.63) is 44.5 Å². The molecule has 0 aliphatic carbocycles. The second-order valence-corrected chi connectivity index (χ2v) is 6.83. The van der Waals surface area contributed by atoms with E-state index in [9.17, 15) is 14.4 Å². The minimum Gasteiger partial charge on any atom is -0.351 e. The normalized spacial score (nSPS) is 10.5. The first kappa shape index (κ1) is 17.4.